The Morgan fingerprint density at radius 2 is 2.00 bits per heavy atom. The average Bonchev–Trinajstić information content (AvgIpc) is 3.58. The highest BCUT2D eigenvalue weighted by atomic mass is 28.1. The number of aromatic hydroxyl groups is 1. The van der Waals surface area contributed by atoms with Gasteiger partial charge in [-0.25, -0.2) is 8.78 Å². The Morgan fingerprint density at radius 3 is 2.82 bits per heavy atom. The van der Waals surface area contributed by atoms with Gasteiger partial charge in [0.2, 0.25) is 0 Å². The van der Waals surface area contributed by atoms with Crippen LogP contribution in [-0.2, 0) is 0 Å². The highest BCUT2D eigenvalue weighted by Gasteiger charge is 2.42. The van der Waals surface area contributed by atoms with Crippen LogP contribution in [0.2, 0.25) is 5.54 Å². The third kappa shape index (κ3) is 5.29. The molecule has 8 nitrogen and oxygen atoms in total. The molecule has 3 saturated heterocycles. The summed E-state index contributed by atoms with van der Waals surface area (Å²) in [5, 5.41) is 25.3. The molecule has 0 saturated carbocycles. The van der Waals surface area contributed by atoms with E-state index in [1.165, 1.54) is 12.1 Å². The molecule has 0 aliphatic carbocycles. The molecule has 44 heavy (non-hydrogen) atoms. The van der Waals surface area contributed by atoms with Crippen molar-refractivity contribution >= 4 is 37.7 Å². The van der Waals surface area contributed by atoms with E-state index < -0.39 is 11.6 Å². The quantitative estimate of drug-likeness (QED) is 0.257. The maximum Gasteiger partial charge on any atom is 0.319 e. The number of phenols is 1. The molecule has 4 atom stereocenters. The van der Waals surface area contributed by atoms with Crippen molar-refractivity contribution in [3.05, 3.63) is 54.1 Å². The van der Waals surface area contributed by atoms with E-state index in [2.05, 4.69) is 27.0 Å². The highest BCUT2D eigenvalue weighted by Crippen LogP contribution is 2.41. The van der Waals surface area contributed by atoms with Gasteiger partial charge < -0.3 is 25.2 Å². The predicted octanol–water partition coefficient (Wildman–Crippen LogP) is 3.75. The van der Waals surface area contributed by atoms with Crippen molar-refractivity contribution in [3.63, 3.8) is 0 Å². The Bertz CT molecular complexity index is 1730. The van der Waals surface area contributed by atoms with Gasteiger partial charge in [-0.3, -0.25) is 4.90 Å². The molecule has 3 aromatic carbocycles. The Balaban J connectivity index is 1.33. The second-order valence-electron chi connectivity index (χ2n) is 13.1. The number of anilines is 1. The average molecular weight is 620 g/mol. The van der Waals surface area contributed by atoms with Crippen LogP contribution in [0.15, 0.2) is 42.5 Å². The molecule has 11 heteroatoms. The first-order valence-electron chi connectivity index (χ1n) is 15.7. The number of fused-ring (bicyclic) bond motifs is 4. The molecular weight excluding hydrogens is 580 g/mol. The van der Waals surface area contributed by atoms with Crippen LogP contribution in [0, 0.1) is 11.6 Å². The number of hydrogen-bond acceptors (Lipinski definition) is 8. The summed E-state index contributed by atoms with van der Waals surface area (Å²) >= 11 is 0. The van der Waals surface area contributed by atoms with E-state index in [-0.39, 0.29) is 52.1 Å². The molecule has 3 fully saturated rings. The number of rotatable bonds is 8. The summed E-state index contributed by atoms with van der Waals surface area (Å²) < 4.78 is 39.0. The van der Waals surface area contributed by atoms with Crippen LogP contribution in [0.3, 0.4) is 0 Å². The molecule has 3 aliphatic heterocycles. The van der Waals surface area contributed by atoms with Crippen LogP contribution in [0.5, 0.6) is 11.8 Å². The standard InChI is InChI=1S/C33H39F2N5O3Si/c1-33-9-8-20(38-33)16-40(18-33)31-24-15-25(34)28(23-14-21(42)13-19-5-2-3-6-22(19)23)29(35)30(24)36-32(37-31)43-17-27(44)26-7-4-10-39(26)11-12-41/h2-3,5-6,13-15,20,26-27,38,41-42H,4,7-12,16-18H2,1,44H3/t20?,26-,27-,33-/m0/s1. The summed E-state index contributed by atoms with van der Waals surface area (Å²) in [4.78, 5) is 13.8. The van der Waals surface area contributed by atoms with Crippen molar-refractivity contribution in [2.75, 3.05) is 44.3 Å². The van der Waals surface area contributed by atoms with Crippen molar-refractivity contribution in [3.8, 4) is 22.9 Å². The Labute approximate surface area is 258 Å². The lowest BCUT2D eigenvalue weighted by atomic mass is 9.95. The first-order valence-corrected chi connectivity index (χ1v) is 16.8. The van der Waals surface area contributed by atoms with Crippen LogP contribution in [0.25, 0.3) is 32.8 Å². The largest absolute Gasteiger partial charge is 0.508 e. The van der Waals surface area contributed by atoms with E-state index in [0.29, 0.717) is 54.3 Å². The minimum atomic E-state index is -0.805. The molecule has 4 aromatic rings. The first kappa shape index (κ1) is 29.3. The van der Waals surface area contributed by atoms with E-state index in [1.807, 2.05) is 12.1 Å². The van der Waals surface area contributed by atoms with E-state index in [1.54, 1.807) is 18.2 Å². The number of likely N-dealkylation sites (tertiary alicyclic amines) is 1. The van der Waals surface area contributed by atoms with Gasteiger partial charge in [0.15, 0.2) is 5.82 Å². The van der Waals surface area contributed by atoms with E-state index in [4.69, 9.17) is 9.72 Å². The number of piperazine rings is 1. The van der Waals surface area contributed by atoms with E-state index in [0.717, 1.165) is 42.5 Å². The number of nitrogens with one attached hydrogen (secondary N) is 1. The van der Waals surface area contributed by atoms with Crippen molar-refractivity contribution < 1.29 is 23.7 Å². The topological polar surface area (TPSA) is 94.0 Å². The predicted molar refractivity (Wildman–Crippen MR) is 172 cm³/mol. The monoisotopic (exact) mass is 619 g/mol. The zero-order valence-corrected chi connectivity index (χ0v) is 27.2. The zero-order valence-electron chi connectivity index (χ0n) is 25.2. The lowest BCUT2D eigenvalue weighted by Gasteiger charge is -2.40. The van der Waals surface area contributed by atoms with Crippen LogP contribution in [0.4, 0.5) is 14.6 Å². The number of aliphatic hydroxyl groups is 1. The minimum absolute atomic E-state index is 0.00229. The van der Waals surface area contributed by atoms with Crippen LogP contribution < -0.4 is 15.0 Å². The van der Waals surface area contributed by atoms with Gasteiger partial charge in [-0.05, 0) is 79.2 Å². The molecule has 0 spiro atoms. The number of β-amino-alcohol motifs (C(OH)–C–C–N with tert-alkyl or cyclic N) is 1. The fourth-order valence-corrected chi connectivity index (χ4v) is 8.66. The SMILES string of the molecule is C[C@]12CCC(CN(c3nc(OC[C@H]([SiH3])[C@@H]4CCCN4CCO)nc4c(F)c(-c5cc(O)cc6ccccc56)c(F)cc34)C1)N2. The number of ether oxygens (including phenoxy) is 1. The third-order valence-corrected chi connectivity index (χ3v) is 10.9. The number of phenolic OH excluding ortho intramolecular Hbond substituents is 1. The molecule has 3 aliphatic rings. The number of benzene rings is 3. The molecular formula is C33H39F2N5O3Si. The number of halogens is 2. The fraction of sp³-hybridized carbons (Fsp3) is 0.455. The van der Waals surface area contributed by atoms with Gasteiger partial charge in [0.25, 0.3) is 0 Å². The summed E-state index contributed by atoms with van der Waals surface area (Å²) in [6.07, 6.45) is 4.19. The lowest BCUT2D eigenvalue weighted by Crippen LogP contribution is -2.58. The summed E-state index contributed by atoms with van der Waals surface area (Å²) in [6.45, 7) is 5.62. The zero-order chi connectivity index (χ0) is 30.6. The third-order valence-electron chi connectivity index (χ3n) is 9.77. The van der Waals surface area contributed by atoms with Gasteiger partial charge in [0.05, 0.1) is 18.8 Å². The maximum atomic E-state index is 16.7. The van der Waals surface area contributed by atoms with Crippen LogP contribution >= 0.6 is 0 Å². The van der Waals surface area contributed by atoms with E-state index >= 15 is 8.78 Å². The van der Waals surface area contributed by atoms with Gasteiger partial charge >= 0.3 is 6.01 Å². The maximum absolute atomic E-state index is 16.7. The van der Waals surface area contributed by atoms with Gasteiger partial charge in [0.1, 0.15) is 22.9 Å². The Kier molecular flexibility index (Phi) is 7.68. The highest BCUT2D eigenvalue weighted by molar-refractivity contribution is 6.12. The molecule has 7 rings (SSSR count). The molecule has 232 valence electrons. The summed E-state index contributed by atoms with van der Waals surface area (Å²) in [7, 11) is 0.876. The van der Waals surface area contributed by atoms with Gasteiger partial charge in [-0.1, -0.05) is 24.3 Å². The van der Waals surface area contributed by atoms with Crippen molar-refractivity contribution in [1.29, 1.82) is 0 Å². The smallest absolute Gasteiger partial charge is 0.319 e. The second-order valence-corrected chi connectivity index (χ2v) is 14.5. The summed E-state index contributed by atoms with van der Waals surface area (Å²) in [5.41, 5.74) is 0.180. The summed E-state index contributed by atoms with van der Waals surface area (Å²) in [5.74, 6) is -1.14. The molecule has 1 aromatic heterocycles. The van der Waals surface area contributed by atoms with Gasteiger partial charge in [-0.15, -0.1) is 0 Å². The first-order chi connectivity index (χ1) is 21.2. The molecule has 4 heterocycles. The minimum Gasteiger partial charge on any atom is -0.508 e. The van der Waals surface area contributed by atoms with E-state index in [9.17, 15) is 10.2 Å². The van der Waals surface area contributed by atoms with Crippen LogP contribution in [-0.4, -0.2) is 92.3 Å². The number of hydrogen-bond donors (Lipinski definition) is 3. The van der Waals surface area contributed by atoms with Crippen molar-refractivity contribution in [2.24, 2.45) is 0 Å². The molecule has 2 bridgehead atoms. The molecule has 3 N–H and O–H groups in total. The van der Waals surface area contributed by atoms with Crippen LogP contribution in [0.1, 0.15) is 32.6 Å². The normalized spacial score (nSPS) is 24.5. The molecule has 0 radical (unpaired) electrons. The number of aliphatic hydroxyl groups excluding tert-OH is 1. The molecule has 1 unspecified atom stereocenters. The lowest BCUT2D eigenvalue weighted by molar-refractivity contribution is 0.163. The number of nitrogens with zero attached hydrogens (tertiary/aromatic N) is 4. The van der Waals surface area contributed by atoms with Crippen molar-refractivity contribution in [2.45, 2.75) is 55.8 Å². The van der Waals surface area contributed by atoms with Gasteiger partial charge in [0, 0.05) is 52.9 Å². The second kappa shape index (κ2) is 11.5. The van der Waals surface area contributed by atoms with Crippen molar-refractivity contribution in [1.82, 2.24) is 20.2 Å². The molecule has 0 amide bonds. The Morgan fingerprint density at radius 1 is 1.16 bits per heavy atom. The summed E-state index contributed by atoms with van der Waals surface area (Å²) in [6, 6.07) is 12.2. The number of aromatic nitrogens is 2. The van der Waals surface area contributed by atoms with Gasteiger partial charge in [-0.2, -0.15) is 9.97 Å². The Hall–Kier alpha value is -3.38. The fourth-order valence-electron chi connectivity index (χ4n) is 7.74.